The van der Waals surface area contributed by atoms with Gasteiger partial charge in [-0.05, 0) is 24.8 Å². The van der Waals surface area contributed by atoms with E-state index in [-0.39, 0.29) is 11.9 Å². The lowest BCUT2D eigenvalue weighted by molar-refractivity contribution is -0.126. The molecule has 1 heterocycles. The van der Waals surface area contributed by atoms with Crippen molar-refractivity contribution in [2.75, 3.05) is 13.6 Å². The standard InChI is InChI=1S/C19H23F3N4O/c1-25(11-13-6-4-3-5-7-13)18(27)17-15-10-14(23-12-19(20,21)22)8-9-16(15)26(2)24-17/h3-7,14,23H,8-12H2,1-2H3. The molecule has 1 N–H and O–H groups in total. The van der Waals surface area contributed by atoms with Gasteiger partial charge in [-0.15, -0.1) is 0 Å². The minimum absolute atomic E-state index is 0.216. The molecular formula is C19H23F3N4O. The quantitative estimate of drug-likeness (QED) is 0.868. The number of carbonyl (C=O) groups is 1. The van der Waals surface area contributed by atoms with Crippen molar-refractivity contribution < 1.29 is 18.0 Å². The summed E-state index contributed by atoms with van der Waals surface area (Å²) in [5, 5.41) is 6.93. The Kier molecular flexibility index (Phi) is 5.55. The lowest BCUT2D eigenvalue weighted by Gasteiger charge is -2.25. The molecule has 8 heteroatoms. The summed E-state index contributed by atoms with van der Waals surface area (Å²) in [5.74, 6) is -0.216. The van der Waals surface area contributed by atoms with Crippen molar-refractivity contribution >= 4 is 5.91 Å². The molecule has 0 radical (unpaired) electrons. The third-order valence-electron chi connectivity index (χ3n) is 4.86. The van der Waals surface area contributed by atoms with Gasteiger partial charge in [-0.3, -0.25) is 9.48 Å². The summed E-state index contributed by atoms with van der Waals surface area (Å²) in [6, 6.07) is 9.30. The van der Waals surface area contributed by atoms with Crippen LogP contribution in [0.3, 0.4) is 0 Å². The van der Waals surface area contributed by atoms with Gasteiger partial charge in [0.25, 0.3) is 5.91 Å². The van der Waals surface area contributed by atoms with Crippen LogP contribution in [0, 0.1) is 0 Å². The molecule has 1 unspecified atom stereocenters. The van der Waals surface area contributed by atoms with Crippen molar-refractivity contribution in [2.45, 2.75) is 38.0 Å². The first kappa shape index (κ1) is 19.4. The molecule has 5 nitrogen and oxygen atoms in total. The Balaban J connectivity index is 1.74. The second-order valence-electron chi connectivity index (χ2n) is 6.98. The zero-order valence-electron chi connectivity index (χ0n) is 15.4. The third-order valence-corrected chi connectivity index (χ3v) is 4.86. The van der Waals surface area contributed by atoms with Crippen molar-refractivity contribution in [3.8, 4) is 0 Å². The van der Waals surface area contributed by atoms with Crippen LogP contribution in [0.25, 0.3) is 0 Å². The van der Waals surface area contributed by atoms with Gasteiger partial charge in [-0.1, -0.05) is 30.3 Å². The van der Waals surface area contributed by atoms with E-state index in [9.17, 15) is 18.0 Å². The van der Waals surface area contributed by atoms with E-state index in [2.05, 4.69) is 10.4 Å². The molecule has 0 bridgehead atoms. The Labute approximate surface area is 156 Å². The fraction of sp³-hybridized carbons (Fsp3) is 0.474. The molecule has 0 saturated heterocycles. The molecule has 1 aromatic heterocycles. The highest BCUT2D eigenvalue weighted by atomic mass is 19.4. The number of nitrogens with one attached hydrogen (secondary N) is 1. The molecule has 146 valence electrons. The Bertz CT molecular complexity index is 801. The number of aryl methyl sites for hydroxylation is 1. The van der Waals surface area contributed by atoms with Gasteiger partial charge in [-0.25, -0.2) is 0 Å². The van der Waals surface area contributed by atoms with Gasteiger partial charge in [0.2, 0.25) is 0 Å². The molecule has 0 fully saturated rings. The fourth-order valence-corrected chi connectivity index (χ4v) is 3.51. The third kappa shape index (κ3) is 4.68. The SMILES string of the molecule is CN(Cc1ccccc1)C(=O)c1nn(C)c2c1CC(NCC(F)(F)F)CC2. The van der Waals surface area contributed by atoms with Gasteiger partial charge in [0, 0.05) is 37.9 Å². The Morgan fingerprint density at radius 1 is 1.33 bits per heavy atom. The van der Waals surface area contributed by atoms with Crippen LogP contribution in [-0.2, 0) is 26.4 Å². The molecule has 2 aromatic rings. The van der Waals surface area contributed by atoms with Crippen LogP contribution in [0.4, 0.5) is 13.2 Å². The number of aromatic nitrogens is 2. The largest absolute Gasteiger partial charge is 0.401 e. The van der Waals surface area contributed by atoms with Crippen molar-refractivity contribution in [3.63, 3.8) is 0 Å². The van der Waals surface area contributed by atoms with E-state index in [0.29, 0.717) is 31.5 Å². The first-order chi connectivity index (χ1) is 12.7. The number of fused-ring (bicyclic) bond motifs is 1. The summed E-state index contributed by atoms with van der Waals surface area (Å²) < 4.78 is 39.2. The predicted octanol–water partition coefficient (Wildman–Crippen LogP) is 2.70. The van der Waals surface area contributed by atoms with Crippen LogP contribution in [0.5, 0.6) is 0 Å². The van der Waals surface area contributed by atoms with Crippen LogP contribution in [0.1, 0.15) is 33.7 Å². The maximum Gasteiger partial charge on any atom is 0.401 e. The minimum Gasteiger partial charge on any atom is -0.336 e. The van der Waals surface area contributed by atoms with Gasteiger partial charge < -0.3 is 10.2 Å². The summed E-state index contributed by atoms with van der Waals surface area (Å²) in [5.41, 5.74) is 3.03. The molecule has 1 atom stereocenters. The van der Waals surface area contributed by atoms with Crippen molar-refractivity contribution in [1.29, 1.82) is 0 Å². The van der Waals surface area contributed by atoms with Crippen LogP contribution < -0.4 is 5.32 Å². The molecule has 0 aliphatic heterocycles. The van der Waals surface area contributed by atoms with E-state index in [0.717, 1.165) is 16.8 Å². The maximum atomic E-state index is 12.9. The number of benzene rings is 1. The highest BCUT2D eigenvalue weighted by molar-refractivity contribution is 5.94. The highest BCUT2D eigenvalue weighted by Gasteiger charge is 2.32. The topological polar surface area (TPSA) is 50.2 Å². The molecule has 1 aromatic carbocycles. The fourth-order valence-electron chi connectivity index (χ4n) is 3.51. The van der Waals surface area contributed by atoms with Crippen molar-refractivity contribution in [1.82, 2.24) is 20.0 Å². The summed E-state index contributed by atoms with van der Waals surface area (Å²) in [4.78, 5) is 14.5. The van der Waals surface area contributed by atoms with E-state index < -0.39 is 12.7 Å². The lowest BCUT2D eigenvalue weighted by atomic mass is 9.91. The number of nitrogens with zero attached hydrogens (tertiary/aromatic N) is 3. The number of halogens is 3. The monoisotopic (exact) mass is 380 g/mol. The van der Waals surface area contributed by atoms with Gasteiger partial charge in [0.05, 0.1) is 6.54 Å². The summed E-state index contributed by atoms with van der Waals surface area (Å²) in [6.45, 7) is -0.578. The molecule has 1 aliphatic carbocycles. The molecule has 3 rings (SSSR count). The van der Waals surface area contributed by atoms with Crippen LogP contribution in [-0.4, -0.2) is 46.4 Å². The smallest absolute Gasteiger partial charge is 0.336 e. The molecule has 0 spiro atoms. The average molecular weight is 380 g/mol. The van der Waals surface area contributed by atoms with E-state index in [1.807, 2.05) is 30.3 Å². The Hall–Kier alpha value is -2.35. The number of carbonyl (C=O) groups excluding carboxylic acids is 1. The first-order valence-electron chi connectivity index (χ1n) is 8.89. The van der Waals surface area contributed by atoms with E-state index >= 15 is 0 Å². The number of alkyl halides is 3. The van der Waals surface area contributed by atoms with Crippen LogP contribution in [0.2, 0.25) is 0 Å². The molecule has 1 aliphatic rings. The van der Waals surface area contributed by atoms with Crippen molar-refractivity contribution in [2.24, 2.45) is 7.05 Å². The average Bonchev–Trinajstić information content (AvgIpc) is 2.96. The molecule has 0 saturated carbocycles. The second kappa shape index (κ2) is 7.72. The van der Waals surface area contributed by atoms with Gasteiger partial charge in [0.15, 0.2) is 5.69 Å². The summed E-state index contributed by atoms with van der Waals surface area (Å²) in [7, 11) is 3.48. The van der Waals surface area contributed by atoms with Crippen LogP contribution >= 0.6 is 0 Å². The normalized spacial score (nSPS) is 16.9. The van der Waals surface area contributed by atoms with Gasteiger partial charge in [-0.2, -0.15) is 18.3 Å². The highest BCUT2D eigenvalue weighted by Crippen LogP contribution is 2.26. The van der Waals surface area contributed by atoms with Gasteiger partial charge >= 0.3 is 6.18 Å². The first-order valence-corrected chi connectivity index (χ1v) is 8.89. The molecular weight excluding hydrogens is 357 g/mol. The van der Waals surface area contributed by atoms with Crippen molar-refractivity contribution in [3.05, 3.63) is 52.8 Å². The summed E-state index contributed by atoms with van der Waals surface area (Å²) in [6.07, 6.45) is -2.68. The van der Waals surface area contributed by atoms with E-state index in [4.69, 9.17) is 0 Å². The van der Waals surface area contributed by atoms with E-state index in [1.165, 1.54) is 0 Å². The number of hydrogen-bond acceptors (Lipinski definition) is 3. The second-order valence-corrected chi connectivity index (χ2v) is 6.98. The zero-order chi connectivity index (χ0) is 19.6. The minimum atomic E-state index is -4.25. The Morgan fingerprint density at radius 2 is 2.04 bits per heavy atom. The maximum absolute atomic E-state index is 12.9. The number of amides is 1. The van der Waals surface area contributed by atoms with Crippen LogP contribution in [0.15, 0.2) is 30.3 Å². The van der Waals surface area contributed by atoms with E-state index in [1.54, 1.807) is 23.7 Å². The van der Waals surface area contributed by atoms with Gasteiger partial charge in [0.1, 0.15) is 0 Å². The predicted molar refractivity (Wildman–Crippen MR) is 95.3 cm³/mol. The summed E-state index contributed by atoms with van der Waals surface area (Å²) >= 11 is 0. The zero-order valence-corrected chi connectivity index (χ0v) is 15.4. The molecule has 1 amide bonds. The number of hydrogen-bond donors (Lipinski definition) is 1. The number of rotatable bonds is 5. The Morgan fingerprint density at radius 3 is 2.70 bits per heavy atom. The lowest BCUT2D eigenvalue weighted by Crippen LogP contribution is -2.40. The molecule has 27 heavy (non-hydrogen) atoms.